The number of hydrogen-bond donors (Lipinski definition) is 1. The minimum Gasteiger partial charge on any atom is -0.449 e. The lowest BCUT2D eigenvalue weighted by atomic mass is 10.0. The summed E-state index contributed by atoms with van der Waals surface area (Å²) in [5.74, 6) is 0.179. The van der Waals surface area contributed by atoms with E-state index in [0.717, 1.165) is 44.8 Å². The van der Waals surface area contributed by atoms with Crippen LogP contribution in [-0.4, -0.2) is 36.5 Å². The van der Waals surface area contributed by atoms with E-state index in [1.807, 2.05) is 48.3 Å². The quantitative estimate of drug-likeness (QED) is 0.156. The fourth-order valence-corrected chi connectivity index (χ4v) is 7.21. The number of nitrogens with one attached hydrogen (secondary N) is 1. The van der Waals surface area contributed by atoms with Gasteiger partial charge in [0.1, 0.15) is 4.21 Å². The molecule has 1 amide bonds. The highest BCUT2D eigenvalue weighted by molar-refractivity contribution is 7.92. The van der Waals surface area contributed by atoms with Crippen molar-refractivity contribution in [2.24, 2.45) is 5.92 Å². The number of Topliss-reactive ketones (excluding diaryl/α,β-unsaturated/α-hetero) is 1. The van der Waals surface area contributed by atoms with Gasteiger partial charge in [0.2, 0.25) is 0 Å². The summed E-state index contributed by atoms with van der Waals surface area (Å²) in [5.41, 5.74) is 5.45. The van der Waals surface area contributed by atoms with Crippen LogP contribution in [0, 0.1) is 19.8 Å². The SMILES string of the molecule is CCCCOC(=O)NS(=O)(=O)c1sc(CC(C)C)cc1-c1cccc(C(=O)Cn2cnc3cc(C)c(C)cc32)c1. The number of thiophene rings is 1. The molecule has 0 saturated carbocycles. The van der Waals surface area contributed by atoms with E-state index >= 15 is 0 Å². The maximum absolute atomic E-state index is 13.4. The number of hydrogen-bond acceptors (Lipinski definition) is 7. The van der Waals surface area contributed by atoms with E-state index in [2.05, 4.69) is 18.8 Å². The second-order valence-corrected chi connectivity index (χ2v) is 13.4. The number of carbonyl (C=O) groups excluding carboxylic acids is 2. The number of ether oxygens (including phenoxy) is 1. The minimum absolute atomic E-state index is 0.0200. The van der Waals surface area contributed by atoms with Gasteiger partial charge in [0.25, 0.3) is 10.0 Å². The maximum atomic E-state index is 13.4. The number of aromatic nitrogens is 2. The zero-order valence-corrected chi connectivity index (χ0v) is 25.1. The van der Waals surface area contributed by atoms with Crippen LogP contribution >= 0.6 is 11.3 Å². The molecule has 0 aliphatic carbocycles. The summed E-state index contributed by atoms with van der Waals surface area (Å²) in [6.45, 7) is 10.4. The summed E-state index contributed by atoms with van der Waals surface area (Å²) in [4.78, 5) is 30.9. The van der Waals surface area contributed by atoms with Crippen LogP contribution in [0.3, 0.4) is 0 Å². The molecule has 0 unspecified atom stereocenters. The van der Waals surface area contributed by atoms with Crippen LogP contribution in [0.5, 0.6) is 0 Å². The van der Waals surface area contributed by atoms with Crippen molar-refractivity contribution in [3.05, 3.63) is 70.4 Å². The van der Waals surface area contributed by atoms with E-state index in [9.17, 15) is 18.0 Å². The molecule has 0 spiro atoms. The van der Waals surface area contributed by atoms with Crippen molar-refractivity contribution in [1.82, 2.24) is 14.3 Å². The molecule has 40 heavy (non-hydrogen) atoms. The largest absolute Gasteiger partial charge is 0.449 e. The van der Waals surface area contributed by atoms with Crippen molar-refractivity contribution in [2.45, 2.75) is 64.6 Å². The van der Waals surface area contributed by atoms with Crippen molar-refractivity contribution in [3.63, 3.8) is 0 Å². The van der Waals surface area contributed by atoms with Crippen LogP contribution in [0.15, 0.2) is 53.0 Å². The zero-order chi connectivity index (χ0) is 29.0. The lowest BCUT2D eigenvalue weighted by Gasteiger charge is -2.10. The molecule has 1 N–H and O–H groups in total. The van der Waals surface area contributed by atoms with Crippen molar-refractivity contribution in [3.8, 4) is 11.1 Å². The second-order valence-electron chi connectivity index (χ2n) is 10.4. The summed E-state index contributed by atoms with van der Waals surface area (Å²) < 4.78 is 35.5. The molecule has 0 radical (unpaired) electrons. The Labute approximate surface area is 239 Å². The van der Waals surface area contributed by atoms with Crippen molar-refractivity contribution in [1.29, 1.82) is 0 Å². The molecule has 8 nitrogen and oxygen atoms in total. The third-order valence-electron chi connectivity index (χ3n) is 6.60. The predicted octanol–water partition coefficient (Wildman–Crippen LogP) is 6.68. The molecule has 0 aliphatic heterocycles. The Morgan fingerprint density at radius 2 is 1.85 bits per heavy atom. The molecule has 2 aromatic heterocycles. The molecule has 0 atom stereocenters. The van der Waals surface area contributed by atoms with Crippen LogP contribution in [0.4, 0.5) is 4.79 Å². The summed E-state index contributed by atoms with van der Waals surface area (Å²) in [6.07, 6.45) is 2.81. The average molecular weight is 582 g/mol. The second kappa shape index (κ2) is 12.3. The Morgan fingerprint density at radius 3 is 2.58 bits per heavy atom. The Morgan fingerprint density at radius 1 is 1.10 bits per heavy atom. The van der Waals surface area contributed by atoms with Gasteiger partial charge in [-0.15, -0.1) is 11.3 Å². The number of carbonyl (C=O) groups is 2. The van der Waals surface area contributed by atoms with Gasteiger partial charge in [0, 0.05) is 16.0 Å². The molecule has 2 heterocycles. The number of benzene rings is 2. The van der Waals surface area contributed by atoms with Gasteiger partial charge in [-0.05, 0) is 73.6 Å². The number of sulfonamides is 1. The average Bonchev–Trinajstić information content (AvgIpc) is 3.48. The topological polar surface area (TPSA) is 107 Å². The molecule has 10 heteroatoms. The maximum Gasteiger partial charge on any atom is 0.421 e. The van der Waals surface area contributed by atoms with Gasteiger partial charge < -0.3 is 9.30 Å². The molecule has 0 bridgehead atoms. The molecule has 4 aromatic rings. The Hall–Kier alpha value is -3.50. The van der Waals surface area contributed by atoms with E-state index < -0.39 is 16.1 Å². The van der Waals surface area contributed by atoms with Crippen LogP contribution in [-0.2, 0) is 27.7 Å². The predicted molar refractivity (Wildman–Crippen MR) is 158 cm³/mol. The standard InChI is InChI=1S/C30H35N3O5S2/c1-6-7-11-38-30(35)32-40(36,37)29-25(16-24(39-29)12-19(2)3)22-9-8-10-23(15-22)28(34)17-33-18-31-26-13-20(4)21(5)14-27(26)33/h8-10,13-16,18-19H,6-7,11-12,17H2,1-5H3,(H,32,35). The van der Waals surface area contributed by atoms with Gasteiger partial charge in [0.05, 0.1) is 30.5 Å². The smallest absolute Gasteiger partial charge is 0.421 e. The summed E-state index contributed by atoms with van der Waals surface area (Å²) in [7, 11) is -4.20. The van der Waals surface area contributed by atoms with E-state index in [4.69, 9.17) is 4.74 Å². The summed E-state index contributed by atoms with van der Waals surface area (Å²) in [5, 5.41) is 0. The molecule has 4 rings (SSSR count). The number of unbranched alkanes of at least 4 members (excludes halogenated alkanes) is 1. The van der Waals surface area contributed by atoms with E-state index in [-0.39, 0.29) is 23.1 Å². The highest BCUT2D eigenvalue weighted by Crippen LogP contribution is 2.37. The number of amides is 1. The van der Waals surface area contributed by atoms with Gasteiger partial charge in [-0.2, -0.15) is 0 Å². The van der Waals surface area contributed by atoms with Gasteiger partial charge in [0.15, 0.2) is 5.78 Å². The van der Waals surface area contributed by atoms with Gasteiger partial charge in [-0.25, -0.2) is 22.9 Å². The lowest BCUT2D eigenvalue weighted by Crippen LogP contribution is -2.31. The van der Waals surface area contributed by atoms with Crippen molar-refractivity contribution >= 4 is 44.3 Å². The van der Waals surface area contributed by atoms with Crippen molar-refractivity contribution < 1.29 is 22.7 Å². The molecule has 0 fully saturated rings. The Kier molecular flexibility index (Phi) is 9.10. The monoisotopic (exact) mass is 581 g/mol. The first-order valence-corrected chi connectivity index (χ1v) is 15.7. The third-order valence-corrected chi connectivity index (χ3v) is 9.60. The van der Waals surface area contributed by atoms with Gasteiger partial charge in [-0.1, -0.05) is 45.4 Å². The Balaban J connectivity index is 1.65. The summed E-state index contributed by atoms with van der Waals surface area (Å²) >= 11 is 1.13. The number of ketones is 1. The molecular weight excluding hydrogens is 546 g/mol. The minimum atomic E-state index is -4.20. The molecule has 0 saturated heterocycles. The first-order chi connectivity index (χ1) is 19.0. The fourth-order valence-electron chi connectivity index (χ4n) is 4.37. The van der Waals surface area contributed by atoms with Gasteiger partial charge >= 0.3 is 6.09 Å². The number of imidazole rings is 1. The Bertz CT molecular complexity index is 1650. The van der Waals surface area contributed by atoms with E-state index in [1.165, 1.54) is 0 Å². The van der Waals surface area contributed by atoms with Gasteiger partial charge in [-0.3, -0.25) is 4.79 Å². The molecular formula is C30H35N3O5S2. The van der Waals surface area contributed by atoms with E-state index in [1.54, 1.807) is 30.6 Å². The normalized spacial score (nSPS) is 11.8. The first kappa shape index (κ1) is 29.5. The summed E-state index contributed by atoms with van der Waals surface area (Å²) in [6, 6.07) is 12.8. The number of aryl methyl sites for hydroxylation is 2. The molecule has 2 aromatic carbocycles. The van der Waals surface area contributed by atoms with Crippen LogP contribution in [0.25, 0.3) is 22.2 Å². The number of fused-ring (bicyclic) bond motifs is 1. The zero-order valence-electron chi connectivity index (χ0n) is 23.5. The molecule has 212 valence electrons. The van der Waals surface area contributed by atoms with Crippen LogP contribution in [0.2, 0.25) is 0 Å². The van der Waals surface area contributed by atoms with Crippen LogP contribution in [0.1, 0.15) is 60.0 Å². The lowest BCUT2D eigenvalue weighted by molar-refractivity contribution is 0.0973. The highest BCUT2D eigenvalue weighted by Gasteiger charge is 2.27. The first-order valence-electron chi connectivity index (χ1n) is 13.4. The molecule has 0 aliphatic rings. The van der Waals surface area contributed by atoms with Crippen LogP contribution < -0.4 is 4.72 Å². The highest BCUT2D eigenvalue weighted by atomic mass is 32.2. The van der Waals surface area contributed by atoms with E-state index in [0.29, 0.717) is 35.4 Å². The fraction of sp³-hybridized carbons (Fsp3) is 0.367. The third kappa shape index (κ3) is 6.79. The number of rotatable bonds is 11. The van der Waals surface area contributed by atoms with Crippen molar-refractivity contribution in [2.75, 3.05) is 6.61 Å². The number of nitrogens with zero attached hydrogens (tertiary/aromatic N) is 2.